The van der Waals surface area contributed by atoms with Crippen LogP contribution in [0.1, 0.15) is 29.1 Å². The first-order valence-corrected chi connectivity index (χ1v) is 7.19. The van der Waals surface area contributed by atoms with E-state index in [1.165, 1.54) is 16.8 Å². The average Bonchev–Trinajstić information content (AvgIpc) is 3.05. The Morgan fingerprint density at radius 1 is 1.50 bits per heavy atom. The molecule has 0 fully saturated rings. The predicted molar refractivity (Wildman–Crippen MR) is 76.0 cm³/mol. The molecular weight excluding hydrogens is 242 g/mol. The number of rotatable bonds is 4. The van der Waals surface area contributed by atoms with E-state index in [0.29, 0.717) is 6.04 Å². The van der Waals surface area contributed by atoms with E-state index in [-0.39, 0.29) is 0 Å². The highest BCUT2D eigenvalue weighted by Crippen LogP contribution is 2.23. The van der Waals surface area contributed by atoms with Crippen LogP contribution in [0.15, 0.2) is 29.8 Å². The molecule has 2 heterocycles. The molecule has 1 aromatic heterocycles. The Bertz CT molecular complexity index is 522. The van der Waals surface area contributed by atoms with E-state index >= 15 is 0 Å². The molecular formula is C14H17N3S. The van der Waals surface area contributed by atoms with Gasteiger partial charge >= 0.3 is 0 Å². The van der Waals surface area contributed by atoms with E-state index in [0.717, 1.165) is 24.5 Å². The quantitative estimate of drug-likeness (QED) is 0.886. The monoisotopic (exact) mass is 259 g/mol. The fourth-order valence-corrected chi connectivity index (χ4v) is 2.92. The SMILES string of the molecule is CC(NCc1ccc2c(c1)NCC2)c1nccs1. The van der Waals surface area contributed by atoms with Gasteiger partial charge < -0.3 is 10.6 Å². The smallest absolute Gasteiger partial charge is 0.109 e. The number of fused-ring (bicyclic) bond motifs is 1. The van der Waals surface area contributed by atoms with Gasteiger partial charge in [0.2, 0.25) is 0 Å². The van der Waals surface area contributed by atoms with Crippen LogP contribution in [0.2, 0.25) is 0 Å². The Morgan fingerprint density at radius 3 is 3.28 bits per heavy atom. The van der Waals surface area contributed by atoms with Gasteiger partial charge in [0, 0.05) is 30.4 Å². The van der Waals surface area contributed by atoms with E-state index in [2.05, 4.69) is 40.7 Å². The van der Waals surface area contributed by atoms with Crippen LogP contribution < -0.4 is 10.6 Å². The summed E-state index contributed by atoms with van der Waals surface area (Å²) in [5.41, 5.74) is 4.06. The summed E-state index contributed by atoms with van der Waals surface area (Å²) in [6.45, 7) is 4.11. The molecule has 0 radical (unpaired) electrons. The Kier molecular flexibility index (Phi) is 3.30. The molecule has 1 aliphatic rings. The van der Waals surface area contributed by atoms with Crippen LogP contribution >= 0.6 is 11.3 Å². The normalized spacial score (nSPS) is 15.2. The molecule has 2 aromatic rings. The highest BCUT2D eigenvalue weighted by molar-refractivity contribution is 7.09. The van der Waals surface area contributed by atoms with Gasteiger partial charge in [-0.05, 0) is 30.5 Å². The van der Waals surface area contributed by atoms with Crippen LogP contribution in [-0.2, 0) is 13.0 Å². The molecule has 1 aromatic carbocycles. The minimum absolute atomic E-state index is 0.311. The van der Waals surface area contributed by atoms with Crippen LogP contribution in [0, 0.1) is 0 Å². The van der Waals surface area contributed by atoms with Gasteiger partial charge in [-0.15, -0.1) is 11.3 Å². The van der Waals surface area contributed by atoms with Gasteiger partial charge in [0.05, 0.1) is 6.04 Å². The van der Waals surface area contributed by atoms with Crippen LogP contribution in [-0.4, -0.2) is 11.5 Å². The minimum atomic E-state index is 0.311. The van der Waals surface area contributed by atoms with Crippen molar-refractivity contribution in [2.45, 2.75) is 25.9 Å². The number of nitrogens with one attached hydrogen (secondary N) is 2. The maximum atomic E-state index is 4.33. The van der Waals surface area contributed by atoms with Crippen molar-refractivity contribution < 1.29 is 0 Å². The van der Waals surface area contributed by atoms with Crippen molar-refractivity contribution in [3.63, 3.8) is 0 Å². The molecule has 3 rings (SSSR count). The number of hydrogen-bond donors (Lipinski definition) is 2. The summed E-state index contributed by atoms with van der Waals surface area (Å²) in [7, 11) is 0. The van der Waals surface area contributed by atoms with E-state index in [1.54, 1.807) is 11.3 Å². The zero-order valence-electron chi connectivity index (χ0n) is 10.4. The third-order valence-corrected chi connectivity index (χ3v) is 4.28. The first kappa shape index (κ1) is 11.7. The molecule has 0 bridgehead atoms. The van der Waals surface area contributed by atoms with Crippen molar-refractivity contribution in [1.82, 2.24) is 10.3 Å². The molecule has 3 nitrogen and oxygen atoms in total. The number of anilines is 1. The second-order valence-electron chi connectivity index (χ2n) is 4.64. The minimum Gasteiger partial charge on any atom is -0.384 e. The van der Waals surface area contributed by atoms with Crippen molar-refractivity contribution in [2.75, 3.05) is 11.9 Å². The molecule has 0 amide bonds. The predicted octanol–water partition coefficient (Wildman–Crippen LogP) is 2.96. The number of benzene rings is 1. The lowest BCUT2D eigenvalue weighted by molar-refractivity contribution is 0.572. The maximum absolute atomic E-state index is 4.33. The van der Waals surface area contributed by atoms with E-state index < -0.39 is 0 Å². The van der Waals surface area contributed by atoms with Gasteiger partial charge in [-0.1, -0.05) is 12.1 Å². The van der Waals surface area contributed by atoms with Crippen molar-refractivity contribution in [3.8, 4) is 0 Å². The Hall–Kier alpha value is -1.39. The molecule has 0 saturated carbocycles. The van der Waals surface area contributed by atoms with Crippen LogP contribution in [0.5, 0.6) is 0 Å². The summed E-state index contributed by atoms with van der Waals surface area (Å²) in [5, 5.41) is 10.1. The Morgan fingerprint density at radius 2 is 2.44 bits per heavy atom. The van der Waals surface area contributed by atoms with Crippen LogP contribution in [0.4, 0.5) is 5.69 Å². The zero-order valence-corrected chi connectivity index (χ0v) is 11.3. The van der Waals surface area contributed by atoms with Crippen LogP contribution in [0.25, 0.3) is 0 Å². The molecule has 18 heavy (non-hydrogen) atoms. The fraction of sp³-hybridized carbons (Fsp3) is 0.357. The summed E-state index contributed by atoms with van der Waals surface area (Å²) < 4.78 is 0. The van der Waals surface area contributed by atoms with E-state index in [9.17, 15) is 0 Å². The van der Waals surface area contributed by atoms with Gasteiger partial charge in [0.1, 0.15) is 5.01 Å². The molecule has 0 spiro atoms. The summed E-state index contributed by atoms with van der Waals surface area (Å²) in [5.74, 6) is 0. The van der Waals surface area contributed by atoms with Gasteiger partial charge in [0.25, 0.3) is 0 Å². The molecule has 4 heteroatoms. The number of thiazole rings is 1. The highest BCUT2D eigenvalue weighted by atomic mass is 32.1. The molecule has 1 aliphatic heterocycles. The lowest BCUT2D eigenvalue weighted by Crippen LogP contribution is -2.17. The molecule has 1 atom stereocenters. The second-order valence-corrected chi connectivity index (χ2v) is 5.57. The van der Waals surface area contributed by atoms with E-state index in [4.69, 9.17) is 0 Å². The summed E-state index contributed by atoms with van der Waals surface area (Å²) in [6, 6.07) is 7.02. The zero-order chi connectivity index (χ0) is 12.4. The number of aromatic nitrogens is 1. The maximum Gasteiger partial charge on any atom is 0.109 e. The van der Waals surface area contributed by atoms with Crippen molar-refractivity contribution in [2.24, 2.45) is 0 Å². The first-order valence-electron chi connectivity index (χ1n) is 6.31. The summed E-state index contributed by atoms with van der Waals surface area (Å²) in [6.07, 6.45) is 3.01. The highest BCUT2D eigenvalue weighted by Gasteiger charge is 2.11. The second kappa shape index (κ2) is 5.08. The summed E-state index contributed by atoms with van der Waals surface area (Å²) >= 11 is 1.70. The molecule has 0 aliphatic carbocycles. The van der Waals surface area contributed by atoms with E-state index in [1.807, 2.05) is 11.6 Å². The molecule has 0 saturated heterocycles. The standard InChI is InChI=1S/C14H17N3S/c1-10(14-16-6-7-18-14)17-9-11-2-3-12-4-5-15-13(12)8-11/h2-3,6-8,10,15,17H,4-5,9H2,1H3. The fourth-order valence-electron chi connectivity index (χ4n) is 2.25. The summed E-state index contributed by atoms with van der Waals surface area (Å²) in [4.78, 5) is 4.33. The molecule has 2 N–H and O–H groups in total. The third kappa shape index (κ3) is 2.40. The van der Waals surface area contributed by atoms with Crippen molar-refractivity contribution in [1.29, 1.82) is 0 Å². The molecule has 1 unspecified atom stereocenters. The van der Waals surface area contributed by atoms with Gasteiger partial charge in [0.15, 0.2) is 0 Å². The number of hydrogen-bond acceptors (Lipinski definition) is 4. The largest absolute Gasteiger partial charge is 0.384 e. The Balaban J connectivity index is 1.63. The first-order chi connectivity index (χ1) is 8.83. The lowest BCUT2D eigenvalue weighted by Gasteiger charge is -2.12. The van der Waals surface area contributed by atoms with Gasteiger partial charge in [-0.3, -0.25) is 0 Å². The van der Waals surface area contributed by atoms with Gasteiger partial charge in [-0.25, -0.2) is 4.98 Å². The topological polar surface area (TPSA) is 37.0 Å². The third-order valence-electron chi connectivity index (χ3n) is 3.32. The average molecular weight is 259 g/mol. The van der Waals surface area contributed by atoms with Crippen molar-refractivity contribution >= 4 is 17.0 Å². The molecule has 94 valence electrons. The lowest BCUT2D eigenvalue weighted by atomic mass is 10.1. The van der Waals surface area contributed by atoms with Crippen LogP contribution in [0.3, 0.4) is 0 Å². The van der Waals surface area contributed by atoms with Crippen molar-refractivity contribution in [3.05, 3.63) is 45.9 Å². The Labute approximate surface area is 111 Å². The van der Waals surface area contributed by atoms with Gasteiger partial charge in [-0.2, -0.15) is 0 Å². The number of nitrogens with zero attached hydrogens (tertiary/aromatic N) is 1.